The van der Waals surface area contributed by atoms with Crippen molar-refractivity contribution in [1.82, 2.24) is 15.1 Å². The first-order valence-electron chi connectivity index (χ1n) is 9.84. The van der Waals surface area contributed by atoms with Crippen LogP contribution in [0.2, 0.25) is 0 Å². The Morgan fingerprint density at radius 3 is 2.46 bits per heavy atom. The SMILES string of the molecule is Cc1nn(CC(C)C)c(C)c1CCC(=O)NCC(Cc1ccccc1)C(=O)O. The maximum Gasteiger partial charge on any atom is 0.308 e. The lowest BCUT2D eigenvalue weighted by atomic mass is 9.99. The van der Waals surface area contributed by atoms with Gasteiger partial charge in [0, 0.05) is 25.2 Å². The van der Waals surface area contributed by atoms with Crippen molar-refractivity contribution >= 4 is 11.9 Å². The van der Waals surface area contributed by atoms with Crippen molar-refractivity contribution in [3.63, 3.8) is 0 Å². The fourth-order valence-corrected chi connectivity index (χ4v) is 3.33. The molecule has 1 unspecified atom stereocenters. The molecule has 1 aromatic carbocycles. The van der Waals surface area contributed by atoms with Crippen LogP contribution in [0.3, 0.4) is 0 Å². The summed E-state index contributed by atoms with van der Waals surface area (Å²) in [6.45, 7) is 9.30. The van der Waals surface area contributed by atoms with Gasteiger partial charge in [-0.2, -0.15) is 5.10 Å². The molecule has 1 aromatic heterocycles. The minimum atomic E-state index is -0.897. The number of aromatic nitrogens is 2. The van der Waals surface area contributed by atoms with Gasteiger partial charge in [0.1, 0.15) is 0 Å². The Balaban J connectivity index is 1.88. The highest BCUT2D eigenvalue weighted by Gasteiger charge is 2.19. The number of benzene rings is 1. The fraction of sp³-hybridized carbons (Fsp3) is 0.500. The molecule has 1 atom stereocenters. The summed E-state index contributed by atoms with van der Waals surface area (Å²) >= 11 is 0. The number of hydrogen-bond donors (Lipinski definition) is 2. The first-order chi connectivity index (χ1) is 13.3. The highest BCUT2D eigenvalue weighted by molar-refractivity contribution is 5.77. The Bertz CT molecular complexity index is 797. The van der Waals surface area contributed by atoms with E-state index in [-0.39, 0.29) is 12.5 Å². The summed E-state index contributed by atoms with van der Waals surface area (Å²) in [5.74, 6) is -1.16. The molecule has 2 rings (SSSR count). The predicted octanol–water partition coefficient (Wildman–Crippen LogP) is 3.15. The van der Waals surface area contributed by atoms with Crippen LogP contribution in [0.25, 0.3) is 0 Å². The van der Waals surface area contributed by atoms with Crippen molar-refractivity contribution in [2.24, 2.45) is 11.8 Å². The van der Waals surface area contributed by atoms with Crippen LogP contribution in [-0.4, -0.2) is 33.3 Å². The van der Waals surface area contributed by atoms with E-state index in [1.165, 1.54) is 0 Å². The molecule has 0 aliphatic carbocycles. The number of rotatable bonds is 10. The van der Waals surface area contributed by atoms with Crippen molar-refractivity contribution in [2.45, 2.75) is 53.5 Å². The summed E-state index contributed by atoms with van der Waals surface area (Å²) in [6.07, 6.45) is 1.33. The Morgan fingerprint density at radius 2 is 1.86 bits per heavy atom. The minimum absolute atomic E-state index is 0.130. The number of nitrogens with one attached hydrogen (secondary N) is 1. The van der Waals surface area contributed by atoms with E-state index in [1.54, 1.807) is 0 Å². The molecule has 0 fully saturated rings. The standard InChI is InChI=1S/C22H31N3O3/c1-15(2)14-25-17(4)20(16(3)24-25)10-11-21(26)23-13-19(22(27)28)12-18-8-6-5-7-9-18/h5-9,15,19H,10-14H2,1-4H3,(H,23,26)(H,27,28). The second-order valence-electron chi connectivity index (χ2n) is 7.75. The molecule has 6 nitrogen and oxygen atoms in total. The Morgan fingerprint density at radius 1 is 1.18 bits per heavy atom. The van der Waals surface area contributed by atoms with Crippen molar-refractivity contribution < 1.29 is 14.7 Å². The summed E-state index contributed by atoms with van der Waals surface area (Å²) in [5.41, 5.74) is 4.12. The van der Waals surface area contributed by atoms with Gasteiger partial charge in [0.2, 0.25) is 5.91 Å². The van der Waals surface area contributed by atoms with E-state index in [2.05, 4.69) is 24.3 Å². The van der Waals surface area contributed by atoms with Crippen molar-refractivity contribution in [2.75, 3.05) is 6.54 Å². The highest BCUT2D eigenvalue weighted by Crippen LogP contribution is 2.16. The lowest BCUT2D eigenvalue weighted by Gasteiger charge is -2.14. The Hall–Kier alpha value is -2.63. The third kappa shape index (κ3) is 6.22. The number of nitrogens with zero attached hydrogens (tertiary/aromatic N) is 2. The maximum atomic E-state index is 12.3. The van der Waals surface area contributed by atoms with Gasteiger partial charge in [-0.05, 0) is 43.7 Å². The molecule has 0 aliphatic heterocycles. The van der Waals surface area contributed by atoms with Crippen molar-refractivity contribution in [3.05, 3.63) is 52.8 Å². The molecule has 0 saturated heterocycles. The smallest absolute Gasteiger partial charge is 0.308 e. The normalized spacial score (nSPS) is 12.2. The van der Waals surface area contributed by atoms with Crippen LogP contribution in [0.5, 0.6) is 0 Å². The number of carboxylic acids is 1. The average molecular weight is 386 g/mol. The topological polar surface area (TPSA) is 84.2 Å². The zero-order valence-corrected chi connectivity index (χ0v) is 17.2. The summed E-state index contributed by atoms with van der Waals surface area (Å²) in [6, 6.07) is 9.47. The number of carboxylic acid groups (broad SMARTS) is 1. The van der Waals surface area contributed by atoms with Gasteiger partial charge in [0.25, 0.3) is 0 Å². The first-order valence-corrected chi connectivity index (χ1v) is 9.84. The van der Waals surface area contributed by atoms with E-state index in [1.807, 2.05) is 48.9 Å². The number of aryl methyl sites for hydroxylation is 1. The predicted molar refractivity (Wildman–Crippen MR) is 109 cm³/mol. The fourth-order valence-electron chi connectivity index (χ4n) is 3.33. The number of aliphatic carboxylic acids is 1. The second-order valence-corrected chi connectivity index (χ2v) is 7.75. The van der Waals surface area contributed by atoms with Crippen LogP contribution in [-0.2, 0) is 29.0 Å². The van der Waals surface area contributed by atoms with Gasteiger partial charge in [-0.15, -0.1) is 0 Å². The lowest BCUT2D eigenvalue weighted by Crippen LogP contribution is -2.34. The van der Waals surface area contributed by atoms with Crippen LogP contribution >= 0.6 is 0 Å². The number of carbonyl (C=O) groups is 2. The van der Waals surface area contributed by atoms with E-state index in [0.717, 1.165) is 29.1 Å². The molecule has 0 saturated carbocycles. The van der Waals surface area contributed by atoms with Gasteiger partial charge in [0.15, 0.2) is 0 Å². The molecule has 0 aliphatic rings. The highest BCUT2D eigenvalue weighted by atomic mass is 16.4. The van der Waals surface area contributed by atoms with Crippen LogP contribution in [0.15, 0.2) is 30.3 Å². The summed E-state index contributed by atoms with van der Waals surface area (Å²) in [7, 11) is 0. The number of amides is 1. The first kappa shape index (κ1) is 21.7. The monoisotopic (exact) mass is 385 g/mol. The van der Waals surface area contributed by atoms with Gasteiger partial charge in [0.05, 0.1) is 11.6 Å². The van der Waals surface area contributed by atoms with Crippen LogP contribution in [0.4, 0.5) is 0 Å². The van der Waals surface area contributed by atoms with E-state index < -0.39 is 11.9 Å². The van der Waals surface area contributed by atoms with E-state index in [0.29, 0.717) is 25.2 Å². The molecule has 2 aromatic rings. The molecule has 28 heavy (non-hydrogen) atoms. The van der Waals surface area contributed by atoms with Gasteiger partial charge < -0.3 is 10.4 Å². The molecule has 0 bridgehead atoms. The molecule has 6 heteroatoms. The molecular weight excluding hydrogens is 354 g/mol. The maximum absolute atomic E-state index is 12.3. The second kappa shape index (κ2) is 10.1. The molecule has 152 valence electrons. The van der Waals surface area contributed by atoms with Gasteiger partial charge in [-0.1, -0.05) is 44.2 Å². The van der Waals surface area contributed by atoms with Crippen molar-refractivity contribution in [1.29, 1.82) is 0 Å². The van der Waals surface area contributed by atoms with Crippen molar-refractivity contribution in [3.8, 4) is 0 Å². The van der Waals surface area contributed by atoms with Gasteiger partial charge >= 0.3 is 5.97 Å². The largest absolute Gasteiger partial charge is 0.481 e. The summed E-state index contributed by atoms with van der Waals surface area (Å²) in [5, 5.41) is 16.8. The van der Waals surface area contributed by atoms with E-state index in [4.69, 9.17) is 0 Å². The Kier molecular flexibility index (Phi) is 7.79. The zero-order valence-electron chi connectivity index (χ0n) is 17.2. The van der Waals surface area contributed by atoms with Gasteiger partial charge in [-0.25, -0.2) is 0 Å². The average Bonchev–Trinajstić information content (AvgIpc) is 2.90. The molecule has 1 heterocycles. The van der Waals surface area contributed by atoms with Crippen LogP contribution in [0, 0.1) is 25.7 Å². The van der Waals surface area contributed by atoms with E-state index in [9.17, 15) is 14.7 Å². The summed E-state index contributed by atoms with van der Waals surface area (Å²) < 4.78 is 2.01. The quantitative estimate of drug-likeness (QED) is 0.658. The molecular formula is C22H31N3O3. The molecule has 2 N–H and O–H groups in total. The van der Waals surface area contributed by atoms with Crippen LogP contribution < -0.4 is 5.32 Å². The molecule has 0 radical (unpaired) electrons. The zero-order chi connectivity index (χ0) is 20.7. The van der Waals surface area contributed by atoms with E-state index >= 15 is 0 Å². The van der Waals surface area contributed by atoms with Gasteiger partial charge in [-0.3, -0.25) is 14.3 Å². The Labute approximate surface area is 167 Å². The lowest BCUT2D eigenvalue weighted by molar-refractivity contribution is -0.141. The third-order valence-corrected chi connectivity index (χ3v) is 4.89. The third-order valence-electron chi connectivity index (χ3n) is 4.89. The molecule has 0 spiro atoms. The number of hydrogen-bond acceptors (Lipinski definition) is 3. The summed E-state index contributed by atoms with van der Waals surface area (Å²) in [4.78, 5) is 23.8. The number of carbonyl (C=O) groups excluding carboxylic acids is 1. The minimum Gasteiger partial charge on any atom is -0.481 e. The van der Waals surface area contributed by atoms with Crippen LogP contribution in [0.1, 0.15) is 42.8 Å². The molecule has 1 amide bonds.